The van der Waals surface area contributed by atoms with Gasteiger partial charge in [0.25, 0.3) is 5.91 Å². The molecule has 92 valence electrons. The predicted octanol–water partition coefficient (Wildman–Crippen LogP) is 2.07. The van der Waals surface area contributed by atoms with Gasteiger partial charge in [0, 0.05) is 17.9 Å². The van der Waals surface area contributed by atoms with Crippen LogP contribution >= 0.6 is 0 Å². The van der Waals surface area contributed by atoms with Gasteiger partial charge in [0.05, 0.1) is 0 Å². The van der Waals surface area contributed by atoms with E-state index in [0.717, 1.165) is 18.5 Å². The number of aryl methyl sites for hydroxylation is 1. The molecule has 4 heteroatoms. The van der Waals surface area contributed by atoms with E-state index in [4.69, 9.17) is 0 Å². The van der Waals surface area contributed by atoms with Gasteiger partial charge in [-0.25, -0.2) is 4.98 Å². The Morgan fingerprint density at radius 2 is 2.06 bits per heavy atom. The molecule has 0 unspecified atom stereocenters. The zero-order chi connectivity index (χ0) is 12.5. The van der Waals surface area contributed by atoms with Gasteiger partial charge in [0.2, 0.25) is 0 Å². The van der Waals surface area contributed by atoms with Crippen LogP contribution < -0.4 is 5.32 Å². The Bertz CT molecular complexity index is 567. The SMILES string of the molecule is Cc1ccc(-n2cnc(C(=O)NC3CC3)c2)cc1. The number of imidazole rings is 1. The maximum atomic E-state index is 11.8. The number of nitrogens with one attached hydrogen (secondary N) is 1. The lowest BCUT2D eigenvalue weighted by atomic mass is 10.2. The summed E-state index contributed by atoms with van der Waals surface area (Å²) in [5.41, 5.74) is 2.70. The lowest BCUT2D eigenvalue weighted by Crippen LogP contribution is -2.25. The van der Waals surface area contributed by atoms with Crippen molar-refractivity contribution in [3.05, 3.63) is 48.0 Å². The van der Waals surface area contributed by atoms with Crippen LogP contribution in [0.3, 0.4) is 0 Å². The molecule has 0 spiro atoms. The van der Waals surface area contributed by atoms with E-state index in [-0.39, 0.29) is 5.91 Å². The summed E-state index contributed by atoms with van der Waals surface area (Å²) in [5, 5.41) is 2.93. The zero-order valence-corrected chi connectivity index (χ0v) is 10.3. The van der Waals surface area contributed by atoms with Crippen molar-refractivity contribution in [3.63, 3.8) is 0 Å². The molecular weight excluding hydrogens is 226 g/mol. The molecule has 1 heterocycles. The zero-order valence-electron chi connectivity index (χ0n) is 10.3. The van der Waals surface area contributed by atoms with Crippen LogP contribution in [-0.2, 0) is 0 Å². The molecule has 0 atom stereocenters. The first-order valence-electron chi connectivity index (χ1n) is 6.14. The second kappa shape index (κ2) is 4.29. The minimum atomic E-state index is -0.0802. The van der Waals surface area contributed by atoms with Crippen molar-refractivity contribution in [2.75, 3.05) is 0 Å². The van der Waals surface area contributed by atoms with Gasteiger partial charge in [0.1, 0.15) is 12.0 Å². The van der Waals surface area contributed by atoms with Crippen molar-refractivity contribution in [2.24, 2.45) is 0 Å². The highest BCUT2D eigenvalue weighted by atomic mass is 16.2. The van der Waals surface area contributed by atoms with Gasteiger partial charge in [0.15, 0.2) is 0 Å². The van der Waals surface area contributed by atoms with Crippen LogP contribution in [0.2, 0.25) is 0 Å². The topological polar surface area (TPSA) is 46.9 Å². The van der Waals surface area contributed by atoms with Crippen LogP contribution in [0.1, 0.15) is 28.9 Å². The highest BCUT2D eigenvalue weighted by molar-refractivity contribution is 5.92. The van der Waals surface area contributed by atoms with Gasteiger partial charge >= 0.3 is 0 Å². The predicted molar refractivity (Wildman–Crippen MR) is 68.8 cm³/mol. The quantitative estimate of drug-likeness (QED) is 0.894. The minimum absolute atomic E-state index is 0.0802. The van der Waals surface area contributed by atoms with Gasteiger partial charge in [-0.15, -0.1) is 0 Å². The fourth-order valence-electron chi connectivity index (χ4n) is 1.79. The van der Waals surface area contributed by atoms with Crippen molar-refractivity contribution < 1.29 is 4.79 Å². The molecule has 0 radical (unpaired) electrons. The normalized spacial score (nSPS) is 14.5. The van der Waals surface area contributed by atoms with Crippen LogP contribution in [-0.4, -0.2) is 21.5 Å². The van der Waals surface area contributed by atoms with Gasteiger partial charge < -0.3 is 9.88 Å². The van der Waals surface area contributed by atoms with Crippen LogP contribution in [0.25, 0.3) is 5.69 Å². The number of hydrogen-bond acceptors (Lipinski definition) is 2. The number of nitrogens with zero attached hydrogens (tertiary/aromatic N) is 2. The molecule has 3 rings (SSSR count). The molecule has 1 amide bonds. The van der Waals surface area contributed by atoms with E-state index >= 15 is 0 Å². The van der Waals surface area contributed by atoms with Crippen molar-refractivity contribution in [2.45, 2.75) is 25.8 Å². The first-order chi connectivity index (χ1) is 8.72. The number of amides is 1. The van der Waals surface area contributed by atoms with E-state index in [9.17, 15) is 4.79 Å². The van der Waals surface area contributed by atoms with Crippen molar-refractivity contribution in [1.29, 1.82) is 0 Å². The maximum absolute atomic E-state index is 11.8. The molecule has 0 aliphatic heterocycles. The van der Waals surface area contributed by atoms with E-state index < -0.39 is 0 Å². The molecule has 1 aliphatic carbocycles. The molecule has 18 heavy (non-hydrogen) atoms. The molecule has 1 aromatic heterocycles. The summed E-state index contributed by atoms with van der Waals surface area (Å²) >= 11 is 0. The summed E-state index contributed by atoms with van der Waals surface area (Å²) in [6.07, 6.45) is 5.61. The van der Waals surface area contributed by atoms with Crippen LogP contribution in [0, 0.1) is 6.92 Å². The molecule has 1 N–H and O–H groups in total. The van der Waals surface area contributed by atoms with Gasteiger partial charge in [-0.3, -0.25) is 4.79 Å². The molecule has 1 aliphatic rings. The Morgan fingerprint density at radius 1 is 1.33 bits per heavy atom. The monoisotopic (exact) mass is 241 g/mol. The number of aromatic nitrogens is 2. The third-order valence-electron chi connectivity index (χ3n) is 3.06. The van der Waals surface area contributed by atoms with Gasteiger partial charge in [-0.1, -0.05) is 17.7 Å². The number of rotatable bonds is 3. The average molecular weight is 241 g/mol. The molecule has 0 bridgehead atoms. The fraction of sp³-hybridized carbons (Fsp3) is 0.286. The van der Waals surface area contributed by atoms with Crippen molar-refractivity contribution in [1.82, 2.24) is 14.9 Å². The average Bonchev–Trinajstić information content (AvgIpc) is 3.04. The van der Waals surface area contributed by atoms with E-state index in [2.05, 4.69) is 10.3 Å². The summed E-state index contributed by atoms with van der Waals surface area (Å²) in [5.74, 6) is -0.0802. The highest BCUT2D eigenvalue weighted by Gasteiger charge is 2.24. The Balaban J connectivity index is 1.79. The first kappa shape index (κ1) is 11.0. The lowest BCUT2D eigenvalue weighted by Gasteiger charge is -2.02. The summed E-state index contributed by atoms with van der Waals surface area (Å²) in [6.45, 7) is 2.05. The number of carbonyl (C=O) groups is 1. The van der Waals surface area contributed by atoms with Gasteiger partial charge in [-0.2, -0.15) is 0 Å². The Labute approximate surface area is 106 Å². The second-order valence-corrected chi connectivity index (χ2v) is 4.75. The largest absolute Gasteiger partial charge is 0.348 e. The summed E-state index contributed by atoms with van der Waals surface area (Å²) in [4.78, 5) is 16.0. The van der Waals surface area contributed by atoms with E-state index in [0.29, 0.717) is 11.7 Å². The van der Waals surface area contributed by atoms with Crippen molar-refractivity contribution in [3.8, 4) is 5.69 Å². The summed E-state index contributed by atoms with van der Waals surface area (Å²) in [7, 11) is 0. The fourth-order valence-corrected chi connectivity index (χ4v) is 1.79. The molecule has 2 aromatic rings. The first-order valence-corrected chi connectivity index (χ1v) is 6.14. The standard InChI is InChI=1S/C14H15N3O/c1-10-2-6-12(7-3-10)17-8-13(15-9-17)14(18)16-11-4-5-11/h2-3,6-9,11H,4-5H2,1H3,(H,16,18). The minimum Gasteiger partial charge on any atom is -0.348 e. The number of carbonyl (C=O) groups excluding carboxylic acids is 1. The Kier molecular flexibility index (Phi) is 2.63. The lowest BCUT2D eigenvalue weighted by molar-refractivity contribution is 0.0946. The molecule has 1 aromatic carbocycles. The van der Waals surface area contributed by atoms with Crippen molar-refractivity contribution >= 4 is 5.91 Å². The van der Waals surface area contributed by atoms with Crippen LogP contribution in [0.4, 0.5) is 0 Å². The Morgan fingerprint density at radius 3 is 2.72 bits per heavy atom. The maximum Gasteiger partial charge on any atom is 0.271 e. The smallest absolute Gasteiger partial charge is 0.271 e. The van der Waals surface area contributed by atoms with E-state index in [1.165, 1.54) is 5.56 Å². The van der Waals surface area contributed by atoms with Gasteiger partial charge in [-0.05, 0) is 31.9 Å². The molecule has 1 fully saturated rings. The van der Waals surface area contributed by atoms with Crippen LogP contribution in [0.5, 0.6) is 0 Å². The molecule has 0 saturated heterocycles. The molecule has 4 nitrogen and oxygen atoms in total. The number of benzene rings is 1. The summed E-state index contributed by atoms with van der Waals surface area (Å²) < 4.78 is 1.86. The number of hydrogen-bond donors (Lipinski definition) is 1. The third kappa shape index (κ3) is 2.27. The second-order valence-electron chi connectivity index (χ2n) is 4.75. The van der Waals surface area contributed by atoms with E-state index in [1.54, 1.807) is 12.5 Å². The molecule has 1 saturated carbocycles. The summed E-state index contributed by atoms with van der Waals surface area (Å²) in [6, 6.07) is 8.47. The molecular formula is C14H15N3O. The van der Waals surface area contributed by atoms with Crippen LogP contribution in [0.15, 0.2) is 36.8 Å². The van der Waals surface area contributed by atoms with E-state index in [1.807, 2.05) is 35.8 Å². The Hall–Kier alpha value is -2.10. The third-order valence-corrected chi connectivity index (χ3v) is 3.06. The highest BCUT2D eigenvalue weighted by Crippen LogP contribution is 2.19.